The van der Waals surface area contributed by atoms with Crippen LogP contribution in [0.5, 0.6) is 0 Å². The van der Waals surface area contributed by atoms with Crippen molar-refractivity contribution in [2.45, 2.75) is 139 Å². The van der Waals surface area contributed by atoms with Crippen LogP contribution in [0.25, 0.3) is 0 Å². The molecule has 0 aromatic heterocycles. The minimum Gasteiger partial charge on any atom is -0.454 e. The first-order valence-electron chi connectivity index (χ1n) is 21.1. The van der Waals surface area contributed by atoms with Gasteiger partial charge in [-0.15, -0.1) is 0 Å². The van der Waals surface area contributed by atoms with Gasteiger partial charge in [-0.05, 0) is 107 Å². The Labute approximate surface area is 348 Å². The van der Waals surface area contributed by atoms with Crippen LogP contribution < -0.4 is 5.32 Å². The number of rotatable bonds is 14. The van der Waals surface area contributed by atoms with Gasteiger partial charge in [-0.2, -0.15) is 0 Å². The van der Waals surface area contributed by atoms with Gasteiger partial charge in [0.1, 0.15) is 6.04 Å². The van der Waals surface area contributed by atoms with E-state index in [0.717, 1.165) is 78.5 Å². The maximum Gasteiger partial charge on any atom is 0.323 e. The van der Waals surface area contributed by atoms with Gasteiger partial charge in [0, 0.05) is 12.8 Å². The predicted octanol–water partition coefficient (Wildman–Crippen LogP) is 10.9. The fraction of sp³-hybridized carbons (Fsp3) is 0.490. The monoisotopic (exact) mass is 789 g/mol. The second-order valence-electron chi connectivity index (χ2n) is 17.9. The van der Waals surface area contributed by atoms with Crippen LogP contribution in [0, 0.1) is 16.7 Å². The zero-order chi connectivity index (χ0) is 42.6. The Morgan fingerprint density at radius 2 is 1.00 bits per heavy atom. The Kier molecular flexibility index (Phi) is 16.6. The summed E-state index contributed by atoms with van der Waals surface area (Å²) in [6.45, 7) is 21.1. The molecule has 1 N–H and O–H groups in total. The van der Waals surface area contributed by atoms with Crippen molar-refractivity contribution in [1.29, 1.82) is 0 Å². The lowest BCUT2D eigenvalue weighted by Gasteiger charge is -2.36. The zero-order valence-electron chi connectivity index (χ0n) is 36.7. The highest BCUT2D eigenvalue weighted by atomic mass is 16.6. The van der Waals surface area contributed by atoms with E-state index in [1.54, 1.807) is 0 Å². The van der Waals surface area contributed by atoms with E-state index in [2.05, 4.69) is 77.2 Å². The molecule has 0 spiro atoms. The van der Waals surface area contributed by atoms with Crippen LogP contribution in [0.4, 0.5) is 0 Å². The molecule has 4 rings (SSSR count). The highest BCUT2D eigenvalue weighted by molar-refractivity contribution is 6.02. The molecule has 1 saturated heterocycles. The SMILES string of the molecule is CC1=C(/C=C/C(C)=C/C=C/C(C)=C/C=C/C=C(C)/C=C/C=C(C)/C=C/C2=C(C)C(=O)C(OC(=O)C3CCCN3)CC2(C)C)C(C)(C)CC(OC(=O)C2CCCC2)C1=O. The van der Waals surface area contributed by atoms with Crippen molar-refractivity contribution in [2.24, 2.45) is 16.7 Å². The number of ether oxygens (including phenoxy) is 2. The third-order valence-corrected chi connectivity index (χ3v) is 11.8. The molecule has 4 aliphatic rings. The molecule has 0 amide bonds. The van der Waals surface area contributed by atoms with E-state index in [4.69, 9.17) is 9.47 Å². The van der Waals surface area contributed by atoms with Crippen molar-refractivity contribution in [3.63, 3.8) is 0 Å². The summed E-state index contributed by atoms with van der Waals surface area (Å²) >= 11 is 0. The molecule has 0 radical (unpaired) electrons. The molecule has 0 bridgehead atoms. The van der Waals surface area contributed by atoms with Crippen LogP contribution in [0.1, 0.15) is 121 Å². The molecule has 7 heteroatoms. The zero-order valence-corrected chi connectivity index (χ0v) is 36.7. The summed E-state index contributed by atoms with van der Waals surface area (Å²) in [4.78, 5) is 51.6. The number of hydrogen-bond acceptors (Lipinski definition) is 7. The average Bonchev–Trinajstić information content (AvgIpc) is 3.90. The Morgan fingerprint density at radius 3 is 1.43 bits per heavy atom. The summed E-state index contributed by atoms with van der Waals surface area (Å²) in [6.07, 6.45) is 33.6. The van der Waals surface area contributed by atoms with Crippen LogP contribution in [-0.4, -0.2) is 48.3 Å². The number of carbonyl (C=O) groups excluding carboxylic acids is 4. The third kappa shape index (κ3) is 12.9. The average molecular weight is 790 g/mol. The summed E-state index contributed by atoms with van der Waals surface area (Å²) < 4.78 is 11.5. The Bertz CT molecular complexity index is 1780. The lowest BCUT2D eigenvalue weighted by molar-refractivity contribution is -0.160. The van der Waals surface area contributed by atoms with Crippen LogP contribution in [-0.2, 0) is 28.7 Å². The maximum atomic E-state index is 13.2. The van der Waals surface area contributed by atoms with Crippen molar-refractivity contribution >= 4 is 23.5 Å². The quantitative estimate of drug-likeness (QED) is 0.138. The summed E-state index contributed by atoms with van der Waals surface area (Å²) in [7, 11) is 0. The lowest BCUT2D eigenvalue weighted by Crippen LogP contribution is -2.42. The summed E-state index contributed by atoms with van der Waals surface area (Å²) in [6, 6.07) is -0.310. The molecule has 1 heterocycles. The van der Waals surface area contributed by atoms with Gasteiger partial charge in [-0.3, -0.25) is 19.2 Å². The molecule has 1 aliphatic heterocycles. The highest BCUT2D eigenvalue weighted by Crippen LogP contribution is 2.42. The third-order valence-electron chi connectivity index (χ3n) is 11.8. The molecule has 2 fully saturated rings. The van der Waals surface area contributed by atoms with Crippen LogP contribution in [0.2, 0.25) is 0 Å². The van der Waals surface area contributed by atoms with Crippen molar-refractivity contribution in [1.82, 2.24) is 5.32 Å². The standard InChI is InChI=1S/C51H67NO6/c1-34(20-15-22-36(3)27-29-41-38(5)46(53)44(32-50(41,7)8)57-48(55)40-24-13-14-25-40)18-11-12-19-35(2)21-16-23-37(4)28-30-42-39(6)47(54)45(33-51(42,9)10)58-49(56)43-26-17-31-52-43/h11-12,15-16,18-23,27-30,40,43-45,52H,13-14,17,24-26,31-33H2,1-10H3/b12-11+,20-15+,21-16+,29-27+,30-28+,34-18+,35-19+,36-22+,37-23+. The van der Waals surface area contributed by atoms with Crippen molar-refractivity contribution in [2.75, 3.05) is 6.54 Å². The number of ketones is 2. The van der Waals surface area contributed by atoms with E-state index >= 15 is 0 Å². The number of carbonyl (C=O) groups is 4. The number of nitrogens with one attached hydrogen (secondary N) is 1. The Hall–Kier alpha value is -4.62. The Balaban J connectivity index is 1.27. The van der Waals surface area contributed by atoms with E-state index in [1.807, 2.05) is 82.4 Å². The van der Waals surface area contributed by atoms with Gasteiger partial charge >= 0.3 is 11.9 Å². The summed E-state index contributed by atoms with van der Waals surface area (Å²) in [5.41, 5.74) is 7.02. The van der Waals surface area contributed by atoms with Crippen molar-refractivity contribution in [3.8, 4) is 0 Å². The van der Waals surface area contributed by atoms with E-state index in [0.29, 0.717) is 24.0 Å². The summed E-state index contributed by atoms with van der Waals surface area (Å²) in [5.74, 6) is -0.789. The molecule has 7 nitrogen and oxygen atoms in total. The predicted molar refractivity (Wildman–Crippen MR) is 236 cm³/mol. The maximum absolute atomic E-state index is 13.2. The van der Waals surface area contributed by atoms with Crippen molar-refractivity contribution < 1.29 is 28.7 Å². The molecule has 58 heavy (non-hydrogen) atoms. The molecule has 1 saturated carbocycles. The number of Topliss-reactive ketones (excluding diaryl/α,β-unsaturated/α-hetero) is 2. The first kappa shape index (κ1) is 46.1. The topological polar surface area (TPSA) is 98.8 Å². The van der Waals surface area contributed by atoms with E-state index in [9.17, 15) is 19.2 Å². The van der Waals surface area contributed by atoms with Gasteiger partial charge in [-0.25, -0.2) is 0 Å². The van der Waals surface area contributed by atoms with Crippen LogP contribution in [0.15, 0.2) is 130 Å². The fourth-order valence-corrected chi connectivity index (χ4v) is 8.26. The lowest BCUT2D eigenvalue weighted by atomic mass is 9.71. The number of allylic oxidation sites excluding steroid dienone is 20. The molecule has 312 valence electrons. The smallest absolute Gasteiger partial charge is 0.323 e. The van der Waals surface area contributed by atoms with Crippen LogP contribution >= 0.6 is 0 Å². The molecule has 0 aromatic rings. The minimum atomic E-state index is -0.740. The first-order valence-corrected chi connectivity index (χ1v) is 21.1. The molecule has 0 aromatic carbocycles. The minimum absolute atomic E-state index is 0.0606. The normalized spacial score (nSPS) is 25.6. The second kappa shape index (κ2) is 20.9. The van der Waals surface area contributed by atoms with Gasteiger partial charge in [0.05, 0.1) is 5.92 Å². The van der Waals surface area contributed by atoms with E-state index in [-0.39, 0.29) is 46.3 Å². The van der Waals surface area contributed by atoms with E-state index < -0.39 is 12.2 Å². The highest BCUT2D eigenvalue weighted by Gasteiger charge is 2.42. The molecular weight excluding hydrogens is 723 g/mol. The largest absolute Gasteiger partial charge is 0.454 e. The molecule has 3 unspecified atom stereocenters. The van der Waals surface area contributed by atoms with E-state index in [1.165, 1.54) is 0 Å². The second-order valence-corrected chi connectivity index (χ2v) is 17.9. The van der Waals surface area contributed by atoms with Gasteiger partial charge < -0.3 is 14.8 Å². The van der Waals surface area contributed by atoms with Gasteiger partial charge in [0.25, 0.3) is 0 Å². The van der Waals surface area contributed by atoms with Crippen molar-refractivity contribution in [3.05, 3.63) is 130 Å². The Morgan fingerprint density at radius 1 is 0.586 bits per heavy atom. The summed E-state index contributed by atoms with van der Waals surface area (Å²) in [5, 5.41) is 3.15. The molecule has 3 aliphatic carbocycles. The number of hydrogen-bond donors (Lipinski definition) is 1. The first-order chi connectivity index (χ1) is 27.4. The van der Waals surface area contributed by atoms with Gasteiger partial charge in [-0.1, -0.05) is 148 Å². The fourth-order valence-electron chi connectivity index (χ4n) is 8.26. The molecular formula is C51H67NO6. The number of esters is 2. The van der Waals surface area contributed by atoms with Crippen LogP contribution in [0.3, 0.4) is 0 Å². The van der Waals surface area contributed by atoms with Gasteiger partial charge in [0.15, 0.2) is 23.8 Å². The van der Waals surface area contributed by atoms with Gasteiger partial charge in [0.2, 0.25) is 0 Å². The molecule has 3 atom stereocenters.